The number of carbonyl (C=O) groups is 1. The molecule has 0 unspecified atom stereocenters. The number of hydrogen-bond donors (Lipinski definition) is 2. The highest BCUT2D eigenvalue weighted by molar-refractivity contribution is 5.74. The van der Waals surface area contributed by atoms with Crippen molar-refractivity contribution < 1.29 is 4.79 Å². The lowest BCUT2D eigenvalue weighted by Crippen LogP contribution is -2.41. The van der Waals surface area contributed by atoms with E-state index in [4.69, 9.17) is 5.73 Å². The van der Waals surface area contributed by atoms with E-state index in [0.717, 1.165) is 11.3 Å². The van der Waals surface area contributed by atoms with Crippen LogP contribution >= 0.6 is 0 Å². The molecule has 4 heteroatoms. The van der Waals surface area contributed by atoms with Crippen LogP contribution in [0.5, 0.6) is 0 Å². The standard InChI is InChI=1S/C8H9N3O/c9-8(12)11-4-6-2-1-3-7(6)10-5-11/h1-4,10H,5H2,(H2,9,12). The normalized spacial score (nSPS) is 19.5. The van der Waals surface area contributed by atoms with Crippen LogP contribution < -0.4 is 11.1 Å². The number of amides is 2. The van der Waals surface area contributed by atoms with Gasteiger partial charge < -0.3 is 11.1 Å². The molecule has 12 heavy (non-hydrogen) atoms. The molecule has 2 aliphatic rings. The van der Waals surface area contributed by atoms with Crippen molar-refractivity contribution in [1.29, 1.82) is 0 Å². The molecule has 1 aliphatic carbocycles. The van der Waals surface area contributed by atoms with Gasteiger partial charge in [-0.05, 0) is 6.08 Å². The van der Waals surface area contributed by atoms with Gasteiger partial charge in [0.25, 0.3) is 0 Å². The summed E-state index contributed by atoms with van der Waals surface area (Å²) in [7, 11) is 0. The molecule has 0 saturated carbocycles. The number of nitrogens with two attached hydrogens (primary N) is 1. The van der Waals surface area contributed by atoms with Crippen LogP contribution in [0.2, 0.25) is 0 Å². The number of primary amides is 1. The Hall–Kier alpha value is -1.71. The van der Waals surface area contributed by atoms with Gasteiger partial charge in [0, 0.05) is 17.5 Å². The zero-order chi connectivity index (χ0) is 8.55. The van der Waals surface area contributed by atoms with Gasteiger partial charge in [0.2, 0.25) is 0 Å². The molecule has 0 aromatic rings. The molecule has 1 heterocycles. The molecule has 0 spiro atoms. The summed E-state index contributed by atoms with van der Waals surface area (Å²) >= 11 is 0. The maximum absolute atomic E-state index is 10.8. The number of nitrogens with one attached hydrogen (secondary N) is 1. The van der Waals surface area contributed by atoms with Crippen molar-refractivity contribution in [3.05, 3.63) is 35.7 Å². The van der Waals surface area contributed by atoms with Crippen LogP contribution in [0.25, 0.3) is 0 Å². The third-order valence-corrected chi connectivity index (χ3v) is 1.87. The minimum absolute atomic E-state index is 0.436. The minimum atomic E-state index is -0.436. The molecule has 4 nitrogen and oxygen atoms in total. The smallest absolute Gasteiger partial charge is 0.320 e. The Morgan fingerprint density at radius 2 is 2.50 bits per heavy atom. The zero-order valence-electron chi connectivity index (χ0n) is 6.45. The van der Waals surface area contributed by atoms with E-state index in [1.807, 2.05) is 18.2 Å². The topological polar surface area (TPSA) is 58.4 Å². The number of rotatable bonds is 0. The second-order valence-corrected chi connectivity index (χ2v) is 2.67. The summed E-state index contributed by atoms with van der Waals surface area (Å²) in [6, 6.07) is -0.436. The molecule has 0 radical (unpaired) electrons. The molecule has 3 N–H and O–H groups in total. The van der Waals surface area contributed by atoms with Crippen LogP contribution in [0.15, 0.2) is 35.7 Å². The minimum Gasteiger partial charge on any atom is -0.367 e. The highest BCUT2D eigenvalue weighted by Crippen LogP contribution is 2.19. The van der Waals surface area contributed by atoms with Gasteiger partial charge in [0.1, 0.15) is 0 Å². The summed E-state index contributed by atoms with van der Waals surface area (Å²) in [6.45, 7) is 0.451. The summed E-state index contributed by atoms with van der Waals surface area (Å²) in [5.41, 5.74) is 7.16. The van der Waals surface area contributed by atoms with Gasteiger partial charge in [-0.1, -0.05) is 12.2 Å². The Morgan fingerprint density at radius 1 is 1.67 bits per heavy atom. The zero-order valence-corrected chi connectivity index (χ0v) is 6.45. The van der Waals surface area contributed by atoms with Gasteiger partial charge in [0.15, 0.2) is 0 Å². The summed E-state index contributed by atoms with van der Waals surface area (Å²) < 4.78 is 0. The van der Waals surface area contributed by atoms with Crippen molar-refractivity contribution in [1.82, 2.24) is 10.2 Å². The van der Waals surface area contributed by atoms with Crippen molar-refractivity contribution in [2.24, 2.45) is 5.73 Å². The number of hydrogen-bond acceptors (Lipinski definition) is 2. The number of nitrogens with zero attached hydrogens (tertiary/aromatic N) is 1. The fourth-order valence-electron chi connectivity index (χ4n) is 1.23. The first-order valence-corrected chi connectivity index (χ1v) is 3.68. The van der Waals surface area contributed by atoms with E-state index in [2.05, 4.69) is 5.32 Å². The molecule has 2 amide bonds. The molecular formula is C8H9N3O. The lowest BCUT2D eigenvalue weighted by molar-refractivity contribution is 0.221. The van der Waals surface area contributed by atoms with E-state index < -0.39 is 6.03 Å². The summed E-state index contributed by atoms with van der Waals surface area (Å²) in [5.74, 6) is 0. The average molecular weight is 163 g/mol. The van der Waals surface area contributed by atoms with Crippen molar-refractivity contribution in [2.45, 2.75) is 0 Å². The quantitative estimate of drug-likeness (QED) is 0.538. The molecule has 0 fully saturated rings. The van der Waals surface area contributed by atoms with Crippen LogP contribution in [0.4, 0.5) is 4.79 Å². The Bertz CT molecular complexity index is 314. The Labute approximate surface area is 70.0 Å². The van der Waals surface area contributed by atoms with Gasteiger partial charge in [-0.15, -0.1) is 0 Å². The van der Waals surface area contributed by atoms with Crippen molar-refractivity contribution in [2.75, 3.05) is 6.67 Å². The second kappa shape index (κ2) is 2.41. The van der Waals surface area contributed by atoms with Crippen molar-refractivity contribution >= 4 is 6.03 Å². The van der Waals surface area contributed by atoms with E-state index in [1.54, 1.807) is 6.20 Å². The predicted octanol–water partition coefficient (Wildman–Crippen LogP) is 0.265. The molecule has 62 valence electrons. The largest absolute Gasteiger partial charge is 0.367 e. The molecule has 1 aliphatic heterocycles. The molecule has 2 rings (SSSR count). The fourth-order valence-corrected chi connectivity index (χ4v) is 1.23. The van der Waals surface area contributed by atoms with Crippen LogP contribution in [-0.4, -0.2) is 17.6 Å². The predicted molar refractivity (Wildman–Crippen MR) is 44.7 cm³/mol. The number of carbonyl (C=O) groups excluding carboxylic acids is 1. The molecule has 0 aromatic heterocycles. The molecule has 0 aromatic carbocycles. The van der Waals surface area contributed by atoms with Crippen LogP contribution in [0, 0.1) is 0 Å². The molecule has 0 bridgehead atoms. The molecule has 0 atom stereocenters. The summed E-state index contributed by atoms with van der Waals surface area (Å²) in [5, 5.41) is 3.07. The van der Waals surface area contributed by atoms with Gasteiger partial charge in [-0.25, -0.2) is 4.79 Å². The van der Waals surface area contributed by atoms with E-state index in [1.165, 1.54) is 4.90 Å². The highest BCUT2D eigenvalue weighted by Gasteiger charge is 2.16. The first-order valence-electron chi connectivity index (χ1n) is 3.68. The Kier molecular flexibility index (Phi) is 1.40. The summed E-state index contributed by atoms with van der Waals surface area (Å²) in [4.78, 5) is 12.2. The number of allylic oxidation sites excluding steroid dienone is 3. The Morgan fingerprint density at radius 3 is 3.25 bits per heavy atom. The lowest BCUT2D eigenvalue weighted by atomic mass is 10.2. The van der Waals surface area contributed by atoms with Gasteiger partial charge >= 0.3 is 6.03 Å². The van der Waals surface area contributed by atoms with Gasteiger partial charge in [-0.3, -0.25) is 4.90 Å². The van der Waals surface area contributed by atoms with Gasteiger partial charge in [-0.2, -0.15) is 0 Å². The van der Waals surface area contributed by atoms with Crippen molar-refractivity contribution in [3.8, 4) is 0 Å². The second-order valence-electron chi connectivity index (χ2n) is 2.67. The number of urea groups is 1. The summed E-state index contributed by atoms with van der Waals surface area (Å²) in [6.07, 6.45) is 7.56. The monoisotopic (exact) mass is 163 g/mol. The van der Waals surface area contributed by atoms with Crippen LogP contribution in [-0.2, 0) is 0 Å². The molecule has 0 saturated heterocycles. The van der Waals surface area contributed by atoms with Crippen LogP contribution in [0.3, 0.4) is 0 Å². The van der Waals surface area contributed by atoms with E-state index in [9.17, 15) is 4.79 Å². The van der Waals surface area contributed by atoms with Crippen LogP contribution in [0.1, 0.15) is 0 Å². The maximum atomic E-state index is 10.8. The van der Waals surface area contributed by atoms with Gasteiger partial charge in [0.05, 0.1) is 6.67 Å². The first-order chi connectivity index (χ1) is 5.77. The van der Waals surface area contributed by atoms with E-state index in [-0.39, 0.29) is 0 Å². The number of fused-ring (bicyclic) bond motifs is 1. The SMILES string of the molecule is NC(=O)N1C=C2C=CC=C2NC1. The highest BCUT2D eigenvalue weighted by atomic mass is 16.2. The third-order valence-electron chi connectivity index (χ3n) is 1.87. The first kappa shape index (κ1) is 6.97. The van der Waals surface area contributed by atoms with E-state index >= 15 is 0 Å². The molecular weight excluding hydrogens is 154 g/mol. The maximum Gasteiger partial charge on any atom is 0.320 e. The Balaban J connectivity index is 2.27. The van der Waals surface area contributed by atoms with Crippen molar-refractivity contribution in [3.63, 3.8) is 0 Å². The third kappa shape index (κ3) is 0.972. The van der Waals surface area contributed by atoms with E-state index in [0.29, 0.717) is 6.67 Å². The average Bonchev–Trinajstić information content (AvgIpc) is 2.49. The lowest BCUT2D eigenvalue weighted by Gasteiger charge is -2.24. The fraction of sp³-hybridized carbons (Fsp3) is 0.125.